The highest BCUT2D eigenvalue weighted by Crippen LogP contribution is 2.25. The third-order valence-corrected chi connectivity index (χ3v) is 3.10. The van der Waals surface area contributed by atoms with Crippen molar-refractivity contribution in [3.63, 3.8) is 0 Å². The van der Waals surface area contributed by atoms with E-state index in [4.69, 9.17) is 21.2 Å². The number of benzene rings is 2. The molecule has 2 rings (SSSR count). The summed E-state index contributed by atoms with van der Waals surface area (Å²) in [7, 11) is -2.69. The van der Waals surface area contributed by atoms with Crippen molar-refractivity contribution in [1.29, 1.82) is 0 Å². The first kappa shape index (κ1) is 8.03. The van der Waals surface area contributed by atoms with Gasteiger partial charge in [-0.2, -0.15) is 0 Å². The van der Waals surface area contributed by atoms with Gasteiger partial charge in [-0.3, -0.25) is 4.79 Å². The molecular formula is C18H21NO6. The fourth-order valence-corrected chi connectivity index (χ4v) is 1.90. The lowest BCUT2D eigenvalue weighted by molar-refractivity contribution is -0.757. The van der Waals surface area contributed by atoms with Crippen LogP contribution < -0.4 is 4.74 Å². The third-order valence-electron chi connectivity index (χ3n) is 3.10. The molecule has 2 aromatic carbocycles. The quantitative estimate of drug-likeness (QED) is 0.387. The molecule has 0 aliphatic heterocycles. The highest BCUT2D eigenvalue weighted by Gasteiger charge is 2.17. The molecule has 0 aliphatic rings. The Morgan fingerprint density at radius 3 is 2.76 bits per heavy atom. The molecule has 0 unspecified atom stereocenters. The predicted octanol–water partition coefficient (Wildman–Crippen LogP) is 3.48. The van der Waals surface area contributed by atoms with Gasteiger partial charge in [0.15, 0.2) is 0 Å². The first-order valence-corrected chi connectivity index (χ1v) is 6.75. The van der Waals surface area contributed by atoms with E-state index in [2.05, 4.69) is 9.57 Å². The fourth-order valence-electron chi connectivity index (χ4n) is 1.90. The number of methoxy groups -OCH3 is 1. The van der Waals surface area contributed by atoms with E-state index in [-0.39, 0.29) is 11.3 Å². The lowest BCUT2D eigenvalue weighted by Gasteiger charge is -2.13. The van der Waals surface area contributed by atoms with Gasteiger partial charge < -0.3 is 14.3 Å². The van der Waals surface area contributed by atoms with Crippen LogP contribution in [0.4, 0.5) is 0 Å². The number of rotatable bonds is 9. The van der Waals surface area contributed by atoms with Crippen LogP contribution in [0.5, 0.6) is 5.75 Å². The van der Waals surface area contributed by atoms with Gasteiger partial charge in [-0.15, -0.1) is 10.1 Å². The van der Waals surface area contributed by atoms with Crippen molar-refractivity contribution in [2.24, 2.45) is 0 Å². The smallest absolute Gasteiger partial charge is 0.313 e. The van der Waals surface area contributed by atoms with E-state index < -0.39 is 49.9 Å². The standard InChI is InChI=1S/C18H21NO6/c1-13(18(20)24-9-3-4-10-25-19(21)22)14-5-6-16-12-17(23-2)8-7-15(16)11-14/h5-8,11-13H,3-4,9-10H2,1-2H3/t13-/m1/s1/i2D3,3D2,4D2,9D2,10D2,13D. The normalized spacial score (nSPS) is 22.9. The lowest BCUT2D eigenvalue weighted by atomic mass is 9.98. The Morgan fingerprint density at radius 2 is 2.00 bits per heavy atom. The van der Waals surface area contributed by atoms with Crippen LogP contribution in [-0.2, 0) is 14.4 Å². The molecular weight excluding hydrogens is 326 g/mol. The number of carbonyl (C=O) groups excluding carboxylic acids is 1. The van der Waals surface area contributed by atoms with Crippen LogP contribution in [0.25, 0.3) is 10.8 Å². The van der Waals surface area contributed by atoms with Crippen LogP contribution in [0.3, 0.4) is 0 Å². The van der Waals surface area contributed by atoms with E-state index in [9.17, 15) is 14.9 Å². The minimum absolute atomic E-state index is 0.0268. The maximum atomic E-state index is 12.8. The summed E-state index contributed by atoms with van der Waals surface area (Å²) in [5, 5.41) is 9.65. The molecule has 2 aromatic rings. The molecule has 0 radical (unpaired) electrons. The number of hydrogen-bond donors (Lipinski definition) is 0. The topological polar surface area (TPSA) is 87.9 Å². The summed E-state index contributed by atoms with van der Waals surface area (Å²) in [6.07, 6.45) is -8.11. The zero-order valence-electron chi connectivity index (χ0n) is 24.9. The summed E-state index contributed by atoms with van der Waals surface area (Å²) < 4.78 is 101. The molecule has 7 nitrogen and oxygen atoms in total. The summed E-state index contributed by atoms with van der Waals surface area (Å²) in [5.74, 6) is -4.05. The van der Waals surface area contributed by atoms with Gasteiger partial charge in [0.2, 0.25) is 0 Å². The summed E-state index contributed by atoms with van der Waals surface area (Å²) in [6.45, 7) is -6.94. The van der Waals surface area contributed by atoms with Crippen molar-refractivity contribution >= 4 is 16.7 Å². The summed E-state index contributed by atoms with van der Waals surface area (Å²) in [4.78, 5) is 26.8. The third kappa shape index (κ3) is 5.34. The van der Waals surface area contributed by atoms with Crippen LogP contribution >= 0.6 is 0 Å². The molecule has 134 valence electrons. The van der Waals surface area contributed by atoms with Crippen molar-refractivity contribution in [3.05, 3.63) is 52.1 Å². The van der Waals surface area contributed by atoms with Gasteiger partial charge in [0, 0.05) is 6.85 Å². The minimum Gasteiger partial charge on any atom is -0.497 e. The van der Waals surface area contributed by atoms with Crippen LogP contribution in [0.15, 0.2) is 36.4 Å². The maximum absolute atomic E-state index is 12.8. The largest absolute Gasteiger partial charge is 0.497 e. The van der Waals surface area contributed by atoms with Crippen LogP contribution in [-0.4, -0.2) is 31.2 Å². The predicted molar refractivity (Wildman–Crippen MR) is 92.1 cm³/mol. The van der Waals surface area contributed by atoms with Gasteiger partial charge in [-0.1, -0.05) is 24.3 Å². The molecule has 0 amide bonds. The Labute approximate surface area is 162 Å². The van der Waals surface area contributed by atoms with Crippen molar-refractivity contribution < 1.29 is 40.6 Å². The second-order valence-electron chi connectivity index (χ2n) is 4.61. The molecule has 0 bridgehead atoms. The van der Waals surface area contributed by atoms with Gasteiger partial charge in [-0.25, -0.2) is 0 Å². The highest BCUT2D eigenvalue weighted by atomic mass is 16.9. The van der Waals surface area contributed by atoms with E-state index in [1.807, 2.05) is 0 Å². The number of fused-ring (bicyclic) bond motifs is 1. The highest BCUT2D eigenvalue weighted by molar-refractivity contribution is 5.86. The van der Waals surface area contributed by atoms with Crippen molar-refractivity contribution in [2.45, 2.75) is 25.6 Å². The molecule has 0 heterocycles. The minimum atomic E-state index is -4.06. The first-order chi connectivity index (χ1) is 16.4. The molecule has 0 saturated heterocycles. The molecule has 0 saturated carbocycles. The maximum Gasteiger partial charge on any atom is 0.313 e. The Hall–Kier alpha value is -2.83. The molecule has 7 heteroatoms. The van der Waals surface area contributed by atoms with Gasteiger partial charge >= 0.3 is 5.97 Å². The molecule has 1 atom stereocenters. The Morgan fingerprint density at radius 1 is 1.28 bits per heavy atom. The Kier molecular flexibility index (Phi) is 2.85. The van der Waals surface area contributed by atoms with Crippen molar-refractivity contribution in [3.8, 4) is 5.75 Å². The average molecular weight is 359 g/mol. The summed E-state index contributed by atoms with van der Waals surface area (Å²) >= 11 is 0. The van der Waals surface area contributed by atoms with E-state index >= 15 is 0 Å². The molecule has 25 heavy (non-hydrogen) atoms. The number of esters is 1. The fraction of sp³-hybridized carbons (Fsp3) is 0.389. The van der Waals surface area contributed by atoms with Crippen molar-refractivity contribution in [2.75, 3.05) is 20.2 Å². The Balaban J connectivity index is 2.36. The van der Waals surface area contributed by atoms with Crippen LogP contribution in [0.2, 0.25) is 0 Å². The number of hydrogen-bond acceptors (Lipinski definition) is 6. The van der Waals surface area contributed by atoms with Gasteiger partial charge in [0.1, 0.15) is 5.75 Å². The molecule has 0 aliphatic carbocycles. The van der Waals surface area contributed by atoms with E-state index in [1.165, 1.54) is 36.4 Å². The SMILES string of the molecule is [2H]C([2H])([2H])Oc1ccc2cc([C@@]([2H])(C)C(=O)OC([2H])([2H])C([2H])([2H])C([2H])([2H])C([2H])([2H])O[N+](=O)[O-])ccc2c1. The monoisotopic (exact) mass is 359 g/mol. The Bertz CT molecular complexity index is 1200. The first-order valence-electron chi connectivity index (χ1n) is 12.7. The lowest BCUT2D eigenvalue weighted by Crippen LogP contribution is -2.14. The van der Waals surface area contributed by atoms with E-state index in [1.54, 1.807) is 0 Å². The molecule has 0 N–H and O–H groups in total. The second-order valence-corrected chi connectivity index (χ2v) is 4.61. The number of ether oxygens (including phenoxy) is 2. The molecule has 0 fully saturated rings. The van der Waals surface area contributed by atoms with Gasteiger partial charge in [-0.05, 0) is 48.1 Å². The summed E-state index contributed by atoms with van der Waals surface area (Å²) in [5.41, 5.74) is -0.0686. The van der Waals surface area contributed by atoms with Gasteiger partial charge in [0.25, 0.3) is 5.09 Å². The van der Waals surface area contributed by atoms with E-state index in [0.717, 1.165) is 6.92 Å². The van der Waals surface area contributed by atoms with Crippen LogP contribution in [0, 0.1) is 10.1 Å². The van der Waals surface area contributed by atoms with E-state index in [0.29, 0.717) is 10.8 Å². The number of nitrogens with zero attached hydrogens (tertiary/aromatic N) is 1. The van der Waals surface area contributed by atoms with Crippen molar-refractivity contribution in [1.82, 2.24) is 0 Å². The van der Waals surface area contributed by atoms with Gasteiger partial charge in [0.05, 0.1) is 35.6 Å². The zero-order chi connectivity index (χ0) is 28.8. The summed E-state index contributed by atoms with van der Waals surface area (Å²) in [6, 6.07) is 8.16. The zero-order valence-corrected chi connectivity index (χ0v) is 12.9. The number of carbonyl (C=O) groups is 1. The van der Waals surface area contributed by atoms with Crippen LogP contribution in [0.1, 0.15) is 47.6 Å². The average Bonchev–Trinajstić information content (AvgIpc) is 2.70. The molecule has 0 spiro atoms. The second kappa shape index (κ2) is 8.86. The molecule has 0 aromatic heterocycles.